The lowest BCUT2D eigenvalue weighted by molar-refractivity contribution is 0.138. The van der Waals surface area contributed by atoms with Gasteiger partial charge in [-0.05, 0) is 54.8 Å². The SMILES string of the molecule is CC1(C)Cc2cc(C(Cl)c3cc(F)cc(Br)c3)ccc2O1. The van der Waals surface area contributed by atoms with E-state index in [2.05, 4.69) is 35.8 Å². The summed E-state index contributed by atoms with van der Waals surface area (Å²) in [6.07, 6.45) is 0.854. The lowest BCUT2D eigenvalue weighted by Gasteiger charge is -2.16. The molecule has 0 bridgehead atoms. The minimum Gasteiger partial charge on any atom is -0.487 e. The third-order valence-corrected chi connectivity index (χ3v) is 4.52. The molecule has 2 aromatic rings. The second kappa shape index (κ2) is 5.29. The second-order valence-electron chi connectivity index (χ2n) is 5.97. The molecule has 0 saturated heterocycles. The molecule has 1 heterocycles. The van der Waals surface area contributed by atoms with Crippen molar-refractivity contribution in [2.45, 2.75) is 31.2 Å². The molecule has 1 unspecified atom stereocenters. The van der Waals surface area contributed by atoms with Crippen molar-refractivity contribution in [3.8, 4) is 5.75 Å². The highest BCUT2D eigenvalue weighted by Crippen LogP contribution is 2.39. The Bertz CT molecular complexity index is 679. The smallest absolute Gasteiger partial charge is 0.124 e. The molecule has 1 aliphatic rings. The molecule has 1 atom stereocenters. The Morgan fingerprint density at radius 3 is 2.67 bits per heavy atom. The molecule has 1 aliphatic heterocycles. The summed E-state index contributed by atoms with van der Waals surface area (Å²) < 4.78 is 20.1. The molecule has 3 rings (SSSR count). The van der Waals surface area contributed by atoms with Crippen LogP contribution in [0.1, 0.15) is 35.9 Å². The van der Waals surface area contributed by atoms with Crippen LogP contribution < -0.4 is 4.74 Å². The fraction of sp³-hybridized carbons (Fsp3) is 0.294. The largest absolute Gasteiger partial charge is 0.487 e. The van der Waals surface area contributed by atoms with Crippen LogP contribution in [0.5, 0.6) is 5.75 Å². The molecule has 0 amide bonds. The Hall–Kier alpha value is -1.06. The molecule has 4 heteroatoms. The van der Waals surface area contributed by atoms with Crippen molar-refractivity contribution >= 4 is 27.5 Å². The molecule has 0 radical (unpaired) electrons. The van der Waals surface area contributed by atoms with E-state index in [1.165, 1.54) is 12.1 Å². The number of benzene rings is 2. The Morgan fingerprint density at radius 2 is 1.95 bits per heavy atom. The van der Waals surface area contributed by atoms with Gasteiger partial charge >= 0.3 is 0 Å². The monoisotopic (exact) mass is 368 g/mol. The number of ether oxygens (including phenoxy) is 1. The minimum atomic E-state index is -0.383. The highest BCUT2D eigenvalue weighted by Gasteiger charge is 2.30. The van der Waals surface area contributed by atoms with Gasteiger partial charge in [-0.15, -0.1) is 11.6 Å². The van der Waals surface area contributed by atoms with Crippen molar-refractivity contribution < 1.29 is 9.13 Å². The van der Waals surface area contributed by atoms with Gasteiger partial charge in [0.2, 0.25) is 0 Å². The highest BCUT2D eigenvalue weighted by molar-refractivity contribution is 9.10. The van der Waals surface area contributed by atoms with Crippen LogP contribution in [0.3, 0.4) is 0 Å². The Balaban J connectivity index is 1.95. The topological polar surface area (TPSA) is 9.23 Å². The Labute approximate surface area is 137 Å². The summed E-state index contributed by atoms with van der Waals surface area (Å²) in [6, 6.07) is 10.7. The Morgan fingerprint density at radius 1 is 1.19 bits per heavy atom. The van der Waals surface area contributed by atoms with Crippen LogP contribution in [0.2, 0.25) is 0 Å². The average molecular weight is 370 g/mol. The van der Waals surface area contributed by atoms with E-state index in [9.17, 15) is 4.39 Å². The predicted octanol–water partition coefficient (Wildman–Crippen LogP) is 5.63. The summed E-state index contributed by atoms with van der Waals surface area (Å²) in [4.78, 5) is 0. The van der Waals surface area contributed by atoms with E-state index in [-0.39, 0.29) is 16.8 Å². The van der Waals surface area contributed by atoms with Crippen molar-refractivity contribution in [3.63, 3.8) is 0 Å². The number of hydrogen-bond acceptors (Lipinski definition) is 1. The van der Waals surface area contributed by atoms with Crippen LogP contribution in [-0.4, -0.2) is 5.60 Å². The maximum absolute atomic E-state index is 13.5. The predicted molar refractivity (Wildman–Crippen MR) is 86.6 cm³/mol. The molecule has 0 fully saturated rings. The number of rotatable bonds is 2. The molecule has 0 aliphatic carbocycles. The van der Waals surface area contributed by atoms with Crippen LogP contribution >= 0.6 is 27.5 Å². The molecular formula is C17H15BrClFO. The zero-order chi connectivity index (χ0) is 15.2. The fourth-order valence-corrected chi connectivity index (χ4v) is 3.45. The highest BCUT2D eigenvalue weighted by atomic mass is 79.9. The summed E-state index contributed by atoms with van der Waals surface area (Å²) >= 11 is 9.82. The molecule has 21 heavy (non-hydrogen) atoms. The van der Waals surface area contributed by atoms with E-state index < -0.39 is 0 Å². The fourth-order valence-electron chi connectivity index (χ4n) is 2.70. The summed E-state index contributed by atoms with van der Waals surface area (Å²) in [7, 11) is 0. The maximum Gasteiger partial charge on any atom is 0.124 e. The van der Waals surface area contributed by atoms with Gasteiger partial charge in [0.05, 0.1) is 5.38 Å². The average Bonchev–Trinajstić information content (AvgIpc) is 2.69. The van der Waals surface area contributed by atoms with Crippen LogP contribution in [0.15, 0.2) is 40.9 Å². The first kappa shape index (κ1) is 14.9. The first-order chi connectivity index (χ1) is 9.84. The maximum atomic E-state index is 13.5. The normalized spacial score (nSPS) is 17.2. The zero-order valence-corrected chi connectivity index (χ0v) is 14.1. The van der Waals surface area contributed by atoms with Crippen LogP contribution in [-0.2, 0) is 6.42 Å². The van der Waals surface area contributed by atoms with Crippen molar-refractivity contribution in [2.75, 3.05) is 0 Å². The van der Waals surface area contributed by atoms with Crippen molar-refractivity contribution in [1.29, 1.82) is 0 Å². The summed E-state index contributed by atoms with van der Waals surface area (Å²) in [5.41, 5.74) is 2.67. The van der Waals surface area contributed by atoms with Crippen molar-refractivity contribution in [2.24, 2.45) is 0 Å². The van der Waals surface area contributed by atoms with Gasteiger partial charge < -0.3 is 4.74 Å². The molecule has 0 spiro atoms. The quantitative estimate of drug-likeness (QED) is 0.623. The molecular weight excluding hydrogens is 355 g/mol. The second-order valence-corrected chi connectivity index (χ2v) is 7.32. The lowest BCUT2D eigenvalue weighted by atomic mass is 9.97. The van der Waals surface area contributed by atoms with E-state index in [1.54, 1.807) is 0 Å². The van der Waals surface area contributed by atoms with Crippen molar-refractivity contribution in [1.82, 2.24) is 0 Å². The van der Waals surface area contributed by atoms with Gasteiger partial charge in [-0.1, -0.05) is 28.1 Å². The van der Waals surface area contributed by atoms with E-state index in [0.29, 0.717) is 4.47 Å². The van der Waals surface area contributed by atoms with Gasteiger partial charge in [0, 0.05) is 10.9 Å². The standard InChI is InChI=1S/C17H15BrClFO/c1-17(2)9-12-5-10(3-4-15(12)21-17)16(19)11-6-13(18)8-14(20)7-11/h3-8,16H,9H2,1-2H3. The van der Waals surface area contributed by atoms with E-state index in [1.807, 2.05) is 18.2 Å². The lowest BCUT2D eigenvalue weighted by Crippen LogP contribution is -2.24. The van der Waals surface area contributed by atoms with E-state index >= 15 is 0 Å². The molecule has 2 aromatic carbocycles. The van der Waals surface area contributed by atoms with Crippen LogP contribution in [0.4, 0.5) is 4.39 Å². The summed E-state index contributed by atoms with van der Waals surface area (Å²) in [6.45, 7) is 4.13. The van der Waals surface area contributed by atoms with E-state index in [0.717, 1.165) is 28.9 Å². The number of alkyl halides is 1. The molecule has 0 N–H and O–H groups in total. The third-order valence-electron chi connectivity index (χ3n) is 3.56. The first-order valence-electron chi connectivity index (χ1n) is 6.76. The molecule has 1 nitrogen and oxygen atoms in total. The Kier molecular flexibility index (Phi) is 3.74. The van der Waals surface area contributed by atoms with Gasteiger partial charge in [-0.3, -0.25) is 0 Å². The molecule has 0 saturated carbocycles. The van der Waals surface area contributed by atoms with E-state index in [4.69, 9.17) is 16.3 Å². The number of halogens is 3. The number of hydrogen-bond donors (Lipinski definition) is 0. The summed E-state index contributed by atoms with van der Waals surface area (Å²) in [5, 5.41) is -0.383. The van der Waals surface area contributed by atoms with Gasteiger partial charge in [0.15, 0.2) is 0 Å². The van der Waals surface area contributed by atoms with Gasteiger partial charge in [-0.25, -0.2) is 4.39 Å². The summed E-state index contributed by atoms with van der Waals surface area (Å²) in [5.74, 6) is 0.615. The van der Waals surface area contributed by atoms with Gasteiger partial charge in [0.25, 0.3) is 0 Å². The zero-order valence-electron chi connectivity index (χ0n) is 11.8. The third kappa shape index (κ3) is 3.09. The van der Waals surface area contributed by atoms with Crippen molar-refractivity contribution in [3.05, 3.63) is 63.4 Å². The first-order valence-corrected chi connectivity index (χ1v) is 7.99. The van der Waals surface area contributed by atoms with Gasteiger partial charge in [-0.2, -0.15) is 0 Å². The molecule has 0 aromatic heterocycles. The minimum absolute atomic E-state index is 0.176. The van der Waals surface area contributed by atoms with Crippen LogP contribution in [0, 0.1) is 5.82 Å². The van der Waals surface area contributed by atoms with Crippen LogP contribution in [0.25, 0.3) is 0 Å². The number of fused-ring (bicyclic) bond motifs is 1. The molecule has 110 valence electrons. The van der Waals surface area contributed by atoms with Gasteiger partial charge in [0.1, 0.15) is 17.2 Å².